The number of imide groups is 1. The molecule has 5 nitrogen and oxygen atoms in total. The first-order valence-electron chi connectivity index (χ1n) is 5.96. The number of carboxylic acids is 1. The van der Waals surface area contributed by atoms with E-state index in [1.807, 2.05) is 41.7 Å². The van der Waals surface area contributed by atoms with Crippen LogP contribution in [0.1, 0.15) is 12.5 Å². The molecule has 0 atom stereocenters. The summed E-state index contributed by atoms with van der Waals surface area (Å²) < 4.78 is 0. The van der Waals surface area contributed by atoms with Gasteiger partial charge in [-0.25, -0.2) is 4.79 Å². The van der Waals surface area contributed by atoms with Crippen LogP contribution in [0.5, 0.6) is 0 Å². The molecule has 0 aliphatic carbocycles. The van der Waals surface area contributed by atoms with Gasteiger partial charge in [-0.05, 0) is 12.5 Å². The molecule has 5 heteroatoms. The molecule has 0 saturated heterocycles. The zero-order valence-electron chi connectivity index (χ0n) is 11.7. The number of hydrogen-bond acceptors (Lipinski definition) is 3. The van der Waals surface area contributed by atoms with Crippen molar-refractivity contribution < 1.29 is 19.5 Å². The Balaban J connectivity index is 0.000000290. The van der Waals surface area contributed by atoms with E-state index in [-0.39, 0.29) is 17.4 Å². The normalized spacial score (nSPS) is 11.3. The van der Waals surface area contributed by atoms with Gasteiger partial charge in [-0.15, -0.1) is 0 Å². The fraction of sp³-hybridized carbons (Fsp3) is 0.0625. The molecule has 2 rings (SSSR count). The zero-order chi connectivity index (χ0) is 16.3. The van der Waals surface area contributed by atoms with E-state index in [2.05, 4.69) is 13.2 Å². The SMILES string of the molecule is C=C(C)C(=O)O.C=Cc1ccccc1.O=C1C=CC(=O)N1. The Bertz CT molecular complexity index is 531. The van der Waals surface area contributed by atoms with E-state index in [0.29, 0.717) is 0 Å². The minimum Gasteiger partial charge on any atom is -0.478 e. The number of carbonyl (C=O) groups is 3. The summed E-state index contributed by atoms with van der Waals surface area (Å²) in [4.78, 5) is 29.7. The second-order valence-electron chi connectivity index (χ2n) is 3.89. The van der Waals surface area contributed by atoms with Gasteiger partial charge in [0.2, 0.25) is 0 Å². The minimum absolute atomic E-state index is 0.176. The van der Waals surface area contributed by atoms with Crippen LogP contribution in [0, 0.1) is 0 Å². The third-order valence-corrected chi connectivity index (χ3v) is 2.03. The third kappa shape index (κ3) is 9.61. The summed E-state index contributed by atoms with van der Waals surface area (Å²) in [6, 6.07) is 10.0. The highest BCUT2D eigenvalue weighted by molar-refractivity contribution is 6.12. The molecule has 1 aromatic carbocycles. The molecule has 1 heterocycles. The van der Waals surface area contributed by atoms with Crippen molar-refractivity contribution in [2.24, 2.45) is 0 Å². The van der Waals surface area contributed by atoms with E-state index in [0.717, 1.165) is 0 Å². The standard InChI is InChI=1S/C8H8.C4H3NO2.C4H6O2/c1-2-8-6-4-3-5-7-8;6-3-1-2-4(7)5-3;1-3(2)4(5)6/h2-7H,1H2;1-2H,(H,5,6,7);1H2,2H3,(H,5,6). The largest absolute Gasteiger partial charge is 0.478 e. The molecule has 0 bridgehead atoms. The topological polar surface area (TPSA) is 83.5 Å². The summed E-state index contributed by atoms with van der Waals surface area (Å²) in [5.41, 5.74) is 1.35. The van der Waals surface area contributed by atoms with Crippen molar-refractivity contribution >= 4 is 23.9 Å². The number of hydrogen-bond donors (Lipinski definition) is 2. The van der Waals surface area contributed by atoms with Crippen molar-refractivity contribution in [3.05, 3.63) is 66.8 Å². The van der Waals surface area contributed by atoms with E-state index in [9.17, 15) is 14.4 Å². The van der Waals surface area contributed by atoms with E-state index < -0.39 is 5.97 Å². The van der Waals surface area contributed by atoms with Crippen molar-refractivity contribution in [1.29, 1.82) is 0 Å². The van der Waals surface area contributed by atoms with E-state index in [1.54, 1.807) is 0 Å². The lowest BCUT2D eigenvalue weighted by Gasteiger charge is -1.85. The lowest BCUT2D eigenvalue weighted by atomic mass is 10.2. The van der Waals surface area contributed by atoms with Crippen molar-refractivity contribution in [1.82, 2.24) is 5.32 Å². The molecule has 1 aliphatic rings. The molecule has 2 amide bonds. The van der Waals surface area contributed by atoms with Crippen molar-refractivity contribution in [2.75, 3.05) is 0 Å². The summed E-state index contributed by atoms with van der Waals surface area (Å²) >= 11 is 0. The van der Waals surface area contributed by atoms with E-state index in [4.69, 9.17) is 5.11 Å². The summed E-state index contributed by atoms with van der Waals surface area (Å²) in [7, 11) is 0. The molecule has 21 heavy (non-hydrogen) atoms. The molecule has 1 aromatic rings. The van der Waals surface area contributed by atoms with Gasteiger partial charge < -0.3 is 5.11 Å². The van der Waals surface area contributed by atoms with Crippen LogP contribution < -0.4 is 5.32 Å². The van der Waals surface area contributed by atoms with Crippen LogP contribution >= 0.6 is 0 Å². The molecular formula is C16H17NO4. The molecule has 0 radical (unpaired) electrons. The molecule has 0 spiro atoms. The van der Waals surface area contributed by atoms with Gasteiger partial charge in [0.15, 0.2) is 0 Å². The Morgan fingerprint density at radius 2 is 1.57 bits per heavy atom. The highest BCUT2D eigenvalue weighted by Gasteiger charge is 2.06. The van der Waals surface area contributed by atoms with Gasteiger partial charge >= 0.3 is 5.97 Å². The first kappa shape index (κ1) is 18.0. The maximum Gasteiger partial charge on any atom is 0.330 e. The zero-order valence-corrected chi connectivity index (χ0v) is 11.7. The van der Waals surface area contributed by atoms with Crippen molar-refractivity contribution in [3.63, 3.8) is 0 Å². The molecule has 0 aromatic heterocycles. The van der Waals surface area contributed by atoms with Crippen molar-refractivity contribution in [2.45, 2.75) is 6.92 Å². The molecule has 0 unspecified atom stereocenters. The summed E-state index contributed by atoms with van der Waals surface area (Å²) in [6.07, 6.45) is 4.23. The highest BCUT2D eigenvalue weighted by Crippen LogP contribution is 1.97. The number of carboxylic acid groups (broad SMARTS) is 1. The predicted octanol–water partition coefficient (Wildman–Crippen LogP) is 2.18. The second kappa shape index (κ2) is 9.91. The van der Waals surface area contributed by atoms with Gasteiger partial charge in [0.05, 0.1) is 0 Å². The van der Waals surface area contributed by atoms with Crippen LogP contribution in [-0.4, -0.2) is 22.9 Å². The van der Waals surface area contributed by atoms with Gasteiger partial charge in [-0.1, -0.05) is 49.6 Å². The molecule has 1 aliphatic heterocycles. The Kier molecular flexibility index (Phi) is 8.52. The first-order chi connectivity index (χ1) is 9.86. The quantitative estimate of drug-likeness (QED) is 0.645. The van der Waals surface area contributed by atoms with Crippen LogP contribution in [0.15, 0.2) is 61.2 Å². The van der Waals surface area contributed by atoms with Crippen LogP contribution in [0.2, 0.25) is 0 Å². The molecule has 2 N–H and O–H groups in total. The Morgan fingerprint density at radius 3 is 1.76 bits per heavy atom. The van der Waals surface area contributed by atoms with Gasteiger partial charge in [-0.3, -0.25) is 14.9 Å². The highest BCUT2D eigenvalue weighted by atomic mass is 16.4. The monoisotopic (exact) mass is 287 g/mol. The van der Waals surface area contributed by atoms with Crippen molar-refractivity contribution in [3.8, 4) is 0 Å². The summed E-state index contributed by atoms with van der Waals surface area (Å²) in [6.45, 7) is 8.23. The molecule has 0 saturated carbocycles. The van der Waals surface area contributed by atoms with Gasteiger partial charge in [0.25, 0.3) is 11.8 Å². The Morgan fingerprint density at radius 1 is 1.14 bits per heavy atom. The number of aliphatic carboxylic acids is 1. The summed E-state index contributed by atoms with van der Waals surface area (Å²) in [5, 5.41) is 9.92. The first-order valence-corrected chi connectivity index (χ1v) is 5.96. The maximum absolute atomic E-state index is 10.0. The predicted molar refractivity (Wildman–Crippen MR) is 81.3 cm³/mol. The third-order valence-electron chi connectivity index (χ3n) is 2.03. The smallest absolute Gasteiger partial charge is 0.330 e. The number of rotatable bonds is 2. The average Bonchev–Trinajstić information content (AvgIpc) is 2.84. The van der Waals surface area contributed by atoms with Crippen LogP contribution in [0.4, 0.5) is 0 Å². The number of amides is 2. The second-order valence-corrected chi connectivity index (χ2v) is 3.89. The van der Waals surface area contributed by atoms with Gasteiger partial charge in [0.1, 0.15) is 0 Å². The lowest BCUT2D eigenvalue weighted by molar-refractivity contribution is -0.132. The Hall–Kier alpha value is -2.95. The number of nitrogens with one attached hydrogen (secondary N) is 1. The Labute approximate surface area is 123 Å². The maximum atomic E-state index is 10.0. The molecular weight excluding hydrogens is 270 g/mol. The van der Waals surface area contributed by atoms with Crippen LogP contribution in [-0.2, 0) is 14.4 Å². The van der Waals surface area contributed by atoms with E-state index >= 15 is 0 Å². The number of benzene rings is 1. The minimum atomic E-state index is -0.935. The average molecular weight is 287 g/mol. The van der Waals surface area contributed by atoms with E-state index in [1.165, 1.54) is 24.6 Å². The molecule has 110 valence electrons. The van der Waals surface area contributed by atoms with Crippen LogP contribution in [0.25, 0.3) is 6.08 Å². The fourth-order valence-corrected chi connectivity index (χ4v) is 0.945. The fourth-order valence-electron chi connectivity index (χ4n) is 0.945. The van der Waals surface area contributed by atoms with Gasteiger partial charge in [0, 0.05) is 17.7 Å². The summed E-state index contributed by atoms with van der Waals surface area (Å²) in [5.74, 6) is -1.59. The van der Waals surface area contributed by atoms with Crippen LogP contribution in [0.3, 0.4) is 0 Å². The molecule has 0 fully saturated rings. The lowest BCUT2D eigenvalue weighted by Crippen LogP contribution is -2.19. The number of carbonyl (C=O) groups excluding carboxylic acids is 2. The van der Waals surface area contributed by atoms with Gasteiger partial charge in [-0.2, -0.15) is 0 Å².